The summed E-state index contributed by atoms with van der Waals surface area (Å²) in [6.07, 6.45) is 3.45. The fourth-order valence-electron chi connectivity index (χ4n) is 2.84. The van der Waals surface area contributed by atoms with E-state index in [-0.39, 0.29) is 17.8 Å². The van der Waals surface area contributed by atoms with Crippen LogP contribution in [0.15, 0.2) is 47.4 Å². The highest BCUT2D eigenvalue weighted by Gasteiger charge is 2.31. The van der Waals surface area contributed by atoms with Crippen molar-refractivity contribution in [3.8, 4) is 0 Å². The number of aliphatic imine (C=N–C) groups is 1. The summed E-state index contributed by atoms with van der Waals surface area (Å²) in [6.45, 7) is 2.73. The van der Waals surface area contributed by atoms with Crippen molar-refractivity contribution in [3.63, 3.8) is 0 Å². The average Bonchev–Trinajstić information content (AvgIpc) is 2.94. The van der Waals surface area contributed by atoms with Gasteiger partial charge in [-0.2, -0.15) is 0 Å². The molecule has 120 valence electrons. The number of benzene rings is 1. The summed E-state index contributed by atoms with van der Waals surface area (Å²) >= 11 is 6.14. The third-order valence-electron chi connectivity index (χ3n) is 4.02. The van der Waals surface area contributed by atoms with Crippen LogP contribution >= 0.6 is 11.6 Å². The highest BCUT2D eigenvalue weighted by molar-refractivity contribution is 6.30. The van der Waals surface area contributed by atoms with E-state index in [1.165, 1.54) is 0 Å². The second-order valence-corrected chi connectivity index (χ2v) is 5.93. The van der Waals surface area contributed by atoms with E-state index >= 15 is 0 Å². The third-order valence-corrected chi connectivity index (χ3v) is 4.26. The Labute approximate surface area is 139 Å². The van der Waals surface area contributed by atoms with Crippen molar-refractivity contribution >= 4 is 23.4 Å². The maximum atomic E-state index is 6.14. The summed E-state index contributed by atoms with van der Waals surface area (Å²) < 4.78 is 7.19. The molecule has 0 saturated heterocycles. The Morgan fingerprint density at radius 1 is 1.39 bits per heavy atom. The molecule has 3 rings (SSSR count). The van der Waals surface area contributed by atoms with Gasteiger partial charge in [0.2, 0.25) is 5.95 Å². The molecule has 0 aliphatic carbocycles. The van der Waals surface area contributed by atoms with Gasteiger partial charge < -0.3 is 10.5 Å². The Morgan fingerprint density at radius 3 is 2.87 bits per heavy atom. The summed E-state index contributed by atoms with van der Waals surface area (Å²) in [5.41, 5.74) is 7.78. The normalized spacial score (nSPS) is 20.8. The van der Waals surface area contributed by atoms with Crippen molar-refractivity contribution in [2.45, 2.75) is 19.4 Å². The summed E-state index contributed by atoms with van der Waals surface area (Å²) in [4.78, 5) is 8.42. The Hall–Kier alpha value is -2.34. The van der Waals surface area contributed by atoms with Gasteiger partial charge in [0, 0.05) is 11.2 Å². The van der Waals surface area contributed by atoms with Crippen LogP contribution < -0.4 is 5.73 Å². The van der Waals surface area contributed by atoms with Gasteiger partial charge in [0.05, 0.1) is 19.6 Å². The van der Waals surface area contributed by atoms with Crippen LogP contribution in [0.2, 0.25) is 5.02 Å². The number of nitrogens with zero attached hydrogens (tertiary/aromatic N) is 4. The van der Waals surface area contributed by atoms with E-state index in [0.29, 0.717) is 17.5 Å². The lowest BCUT2D eigenvalue weighted by molar-refractivity contribution is 0.361. The molecular formula is C16H18ClN5O. The third kappa shape index (κ3) is 3.22. The number of aromatic nitrogens is 3. The topological polar surface area (TPSA) is 78.3 Å². The molecule has 1 aromatic carbocycles. The summed E-state index contributed by atoms with van der Waals surface area (Å²) in [5, 5.41) is 4.83. The highest BCUT2D eigenvalue weighted by atomic mass is 35.5. The standard InChI is InChI=1S/C16H18ClN5O/c1-10-12(8-22-9-20-16(18)21-22)7-19-15(23-2)14(10)11-4-3-5-13(17)6-11/h3-7,9-10,14H,8H2,1-2H3,(H2,18,21). The van der Waals surface area contributed by atoms with E-state index in [0.717, 1.165) is 11.1 Å². The number of nitrogen functional groups attached to an aromatic ring is 1. The van der Waals surface area contributed by atoms with E-state index in [1.807, 2.05) is 30.5 Å². The summed E-state index contributed by atoms with van der Waals surface area (Å²) in [5.74, 6) is 1.15. The molecule has 2 N–H and O–H groups in total. The molecule has 2 atom stereocenters. The molecule has 0 radical (unpaired) electrons. The number of ether oxygens (including phenoxy) is 1. The monoisotopic (exact) mass is 331 g/mol. The first kappa shape index (κ1) is 15.6. The van der Waals surface area contributed by atoms with Crippen LogP contribution in [0.5, 0.6) is 0 Å². The Bertz CT molecular complexity index is 767. The van der Waals surface area contributed by atoms with Crippen molar-refractivity contribution in [3.05, 3.63) is 53.0 Å². The molecule has 0 amide bonds. The number of hydrogen-bond acceptors (Lipinski definition) is 5. The maximum Gasteiger partial charge on any atom is 0.239 e. The highest BCUT2D eigenvalue weighted by Crippen LogP contribution is 2.36. The minimum absolute atomic E-state index is 0.0135. The zero-order valence-electron chi connectivity index (χ0n) is 13.0. The zero-order chi connectivity index (χ0) is 16.4. The molecule has 2 aromatic rings. The number of allylic oxidation sites excluding steroid dienone is 1. The van der Waals surface area contributed by atoms with Gasteiger partial charge in [-0.3, -0.25) is 0 Å². The fourth-order valence-corrected chi connectivity index (χ4v) is 3.04. The number of halogens is 1. The number of anilines is 1. The van der Waals surface area contributed by atoms with Gasteiger partial charge >= 0.3 is 0 Å². The van der Waals surface area contributed by atoms with Crippen LogP contribution in [-0.4, -0.2) is 27.8 Å². The van der Waals surface area contributed by atoms with Crippen molar-refractivity contribution < 1.29 is 4.74 Å². The maximum absolute atomic E-state index is 6.14. The first-order valence-corrected chi connectivity index (χ1v) is 7.67. The molecule has 2 heterocycles. The summed E-state index contributed by atoms with van der Waals surface area (Å²) in [6, 6.07) is 7.79. The Balaban J connectivity index is 1.91. The predicted octanol–water partition coefficient (Wildman–Crippen LogP) is 2.88. The molecule has 0 spiro atoms. The molecule has 0 fully saturated rings. The van der Waals surface area contributed by atoms with Gasteiger partial charge in [0.25, 0.3) is 0 Å². The number of rotatable bonds is 3. The molecule has 7 heteroatoms. The Morgan fingerprint density at radius 2 is 2.22 bits per heavy atom. The second-order valence-electron chi connectivity index (χ2n) is 5.50. The molecule has 1 aromatic heterocycles. The zero-order valence-corrected chi connectivity index (χ0v) is 13.7. The van der Waals surface area contributed by atoms with E-state index < -0.39 is 0 Å². The second kappa shape index (κ2) is 6.42. The first-order valence-electron chi connectivity index (χ1n) is 7.29. The van der Waals surface area contributed by atoms with Gasteiger partial charge in [-0.15, -0.1) is 5.10 Å². The smallest absolute Gasteiger partial charge is 0.239 e. The van der Waals surface area contributed by atoms with Crippen molar-refractivity contribution in [1.82, 2.24) is 14.8 Å². The molecule has 23 heavy (non-hydrogen) atoms. The average molecular weight is 332 g/mol. The van der Waals surface area contributed by atoms with Crippen LogP contribution in [0, 0.1) is 5.92 Å². The van der Waals surface area contributed by atoms with Gasteiger partial charge in [-0.05, 0) is 29.2 Å². The van der Waals surface area contributed by atoms with Crippen molar-refractivity contribution in [2.75, 3.05) is 12.8 Å². The largest absolute Gasteiger partial charge is 0.484 e. The van der Waals surface area contributed by atoms with Crippen LogP contribution in [0.25, 0.3) is 0 Å². The first-order chi connectivity index (χ1) is 11.1. The molecule has 1 aliphatic heterocycles. The molecule has 0 saturated carbocycles. The van der Waals surface area contributed by atoms with Gasteiger partial charge in [-0.1, -0.05) is 30.7 Å². The van der Waals surface area contributed by atoms with Gasteiger partial charge in [-0.25, -0.2) is 14.7 Å². The molecular weight excluding hydrogens is 314 g/mol. The molecule has 1 aliphatic rings. The summed E-state index contributed by atoms with van der Waals surface area (Å²) in [7, 11) is 1.64. The fraction of sp³-hybridized carbons (Fsp3) is 0.312. The number of methoxy groups -OCH3 is 1. The van der Waals surface area contributed by atoms with Gasteiger partial charge in [0.15, 0.2) is 5.90 Å². The molecule has 0 bridgehead atoms. The number of nitrogens with two attached hydrogens (primary N) is 1. The lowest BCUT2D eigenvalue weighted by Crippen LogP contribution is -2.27. The van der Waals surface area contributed by atoms with E-state index in [9.17, 15) is 0 Å². The van der Waals surface area contributed by atoms with Crippen molar-refractivity contribution in [2.24, 2.45) is 10.9 Å². The van der Waals surface area contributed by atoms with Crippen molar-refractivity contribution in [1.29, 1.82) is 0 Å². The predicted molar refractivity (Wildman–Crippen MR) is 90.3 cm³/mol. The lowest BCUT2D eigenvalue weighted by atomic mass is 9.81. The van der Waals surface area contributed by atoms with Crippen LogP contribution in [0.1, 0.15) is 18.4 Å². The molecule has 2 unspecified atom stereocenters. The minimum atomic E-state index is 0.0135. The minimum Gasteiger partial charge on any atom is -0.484 e. The quantitative estimate of drug-likeness (QED) is 0.938. The van der Waals surface area contributed by atoms with Crippen LogP contribution in [0.4, 0.5) is 5.95 Å². The van der Waals surface area contributed by atoms with E-state index in [1.54, 1.807) is 18.1 Å². The van der Waals surface area contributed by atoms with Crippen LogP contribution in [0.3, 0.4) is 0 Å². The SMILES string of the molecule is COC1=NC=C(Cn2cnc(N)n2)C(C)C1c1cccc(Cl)c1. The lowest BCUT2D eigenvalue weighted by Gasteiger charge is -2.29. The van der Waals surface area contributed by atoms with Gasteiger partial charge in [0.1, 0.15) is 6.33 Å². The molecule has 6 nitrogen and oxygen atoms in total. The van der Waals surface area contributed by atoms with E-state index in [2.05, 4.69) is 22.0 Å². The van der Waals surface area contributed by atoms with Crippen LogP contribution in [-0.2, 0) is 11.3 Å². The Kier molecular flexibility index (Phi) is 4.34. The number of hydrogen-bond donors (Lipinski definition) is 1. The van der Waals surface area contributed by atoms with E-state index in [4.69, 9.17) is 22.1 Å².